The van der Waals surface area contributed by atoms with E-state index in [1.54, 1.807) is 7.05 Å². The predicted octanol–water partition coefficient (Wildman–Crippen LogP) is -4.28. The summed E-state index contributed by atoms with van der Waals surface area (Å²) < 4.78 is 50.0. The van der Waals surface area contributed by atoms with Crippen LogP contribution >= 0.6 is 15.6 Å². The second kappa shape index (κ2) is 15.6. The van der Waals surface area contributed by atoms with Gasteiger partial charge in [0.1, 0.15) is 42.7 Å². The first-order valence-electron chi connectivity index (χ1n) is 13.2. The second-order valence-corrected chi connectivity index (χ2v) is 12.8. The number of aliphatic hydroxyl groups excluding tert-OH is 5. The molecule has 21 nitrogen and oxygen atoms in total. The van der Waals surface area contributed by atoms with Gasteiger partial charge in [0.05, 0.1) is 13.2 Å². The van der Waals surface area contributed by atoms with Crippen LogP contribution in [-0.4, -0.2) is 127 Å². The van der Waals surface area contributed by atoms with Crippen LogP contribution in [0.25, 0.3) is 0 Å². The summed E-state index contributed by atoms with van der Waals surface area (Å²) in [5, 5.41) is 55.8. The van der Waals surface area contributed by atoms with Crippen molar-refractivity contribution in [3.8, 4) is 0 Å². The molecule has 252 valence electrons. The van der Waals surface area contributed by atoms with Gasteiger partial charge in [-0.05, 0) is 26.4 Å². The quantitative estimate of drug-likeness (QED) is 0.0620. The van der Waals surface area contributed by atoms with Crippen LogP contribution in [0.4, 0.5) is 0 Å². The maximum Gasteiger partial charge on any atom is 0.483 e. The van der Waals surface area contributed by atoms with Crippen molar-refractivity contribution in [2.75, 3.05) is 26.8 Å². The SMILES string of the molecule is CNCCCCC(=O)NC1[C@@H](OP(=O)(O)OP(=O)(O)OCC2OC(n3ccc(=O)[nH]c3=O)C(O)C2O)OC(CO)[C@H](O)[C@@H]1O. The normalized spacial score (nSPS) is 33.4. The maximum absolute atomic E-state index is 12.7. The van der Waals surface area contributed by atoms with E-state index >= 15 is 0 Å². The van der Waals surface area contributed by atoms with E-state index in [1.807, 2.05) is 4.98 Å². The summed E-state index contributed by atoms with van der Waals surface area (Å²) >= 11 is 0. The van der Waals surface area contributed by atoms with Crippen LogP contribution in [-0.2, 0) is 36.8 Å². The minimum absolute atomic E-state index is 0.0500. The highest BCUT2D eigenvalue weighted by Gasteiger charge is 2.50. The lowest BCUT2D eigenvalue weighted by molar-refractivity contribution is -0.248. The summed E-state index contributed by atoms with van der Waals surface area (Å²) in [6, 6.07) is -0.772. The second-order valence-electron chi connectivity index (χ2n) is 9.84. The van der Waals surface area contributed by atoms with Gasteiger partial charge in [-0.2, -0.15) is 4.31 Å². The highest BCUT2D eigenvalue weighted by molar-refractivity contribution is 7.61. The van der Waals surface area contributed by atoms with E-state index in [2.05, 4.69) is 19.5 Å². The average Bonchev–Trinajstić information content (AvgIpc) is 3.22. The number of nitrogens with one attached hydrogen (secondary N) is 3. The average molecular weight is 678 g/mol. The van der Waals surface area contributed by atoms with Gasteiger partial charge in [0.25, 0.3) is 5.56 Å². The molecule has 1 aromatic heterocycles. The molecular weight excluding hydrogens is 642 g/mol. The molecule has 1 aromatic rings. The van der Waals surface area contributed by atoms with Gasteiger partial charge in [0.15, 0.2) is 12.5 Å². The molecule has 2 aliphatic rings. The Morgan fingerprint density at radius 3 is 2.34 bits per heavy atom. The highest BCUT2D eigenvalue weighted by atomic mass is 31.3. The van der Waals surface area contributed by atoms with Gasteiger partial charge < -0.3 is 55.4 Å². The smallest absolute Gasteiger partial charge is 0.394 e. The van der Waals surface area contributed by atoms with E-state index in [9.17, 15) is 58.8 Å². The highest BCUT2D eigenvalue weighted by Crippen LogP contribution is 2.61. The molecule has 0 aliphatic carbocycles. The first kappa shape index (κ1) is 36.6. The lowest BCUT2D eigenvalue weighted by Gasteiger charge is -2.42. The lowest BCUT2D eigenvalue weighted by atomic mass is 9.97. The Hall–Kier alpha value is -1.91. The maximum atomic E-state index is 12.7. The first-order valence-corrected chi connectivity index (χ1v) is 16.2. The number of phosphoric acid groups is 2. The number of hydrogen-bond donors (Lipinski definition) is 10. The Kier molecular flexibility index (Phi) is 13.0. The fourth-order valence-electron chi connectivity index (χ4n) is 4.37. The van der Waals surface area contributed by atoms with E-state index in [-0.39, 0.29) is 6.42 Å². The van der Waals surface area contributed by atoms with Crippen LogP contribution in [0.15, 0.2) is 21.9 Å². The Morgan fingerprint density at radius 2 is 1.70 bits per heavy atom. The molecule has 8 unspecified atom stereocenters. The van der Waals surface area contributed by atoms with E-state index in [1.165, 1.54) is 0 Å². The molecule has 10 N–H and O–H groups in total. The number of H-pyrrole nitrogens is 1. The van der Waals surface area contributed by atoms with Crippen molar-refractivity contribution < 1.29 is 72.1 Å². The standard InChI is InChI=1S/C21H36N4O17P2/c1-22-6-3-2-4-12(27)23-14-17(31)15(29)10(8-26)40-20(14)41-44(36,37)42-43(34,35)38-9-11-16(30)18(32)19(39-11)25-7-5-13(28)24-21(25)33/h5,7,10-11,14-20,22,26,29-32H,2-4,6,8-9H2,1H3,(H,23,27)(H,34,35)(H,36,37)(H,24,28,33)/t10?,11?,14?,15-,16?,17+,18?,19?,20+/m0/s1. The van der Waals surface area contributed by atoms with E-state index < -0.39 is 101 Å². The van der Waals surface area contributed by atoms with Gasteiger partial charge in [-0.15, -0.1) is 0 Å². The molecule has 3 rings (SSSR count). The molecule has 0 spiro atoms. The summed E-state index contributed by atoms with van der Waals surface area (Å²) in [6.07, 6.45) is -12.1. The lowest BCUT2D eigenvalue weighted by Crippen LogP contribution is -2.64. The van der Waals surface area contributed by atoms with Crippen molar-refractivity contribution in [1.29, 1.82) is 0 Å². The van der Waals surface area contributed by atoms with Crippen molar-refractivity contribution >= 4 is 21.6 Å². The minimum Gasteiger partial charge on any atom is -0.394 e. The number of aliphatic hydroxyl groups is 5. The Morgan fingerprint density at radius 1 is 1.02 bits per heavy atom. The van der Waals surface area contributed by atoms with Crippen LogP contribution in [0.1, 0.15) is 25.5 Å². The number of aromatic nitrogens is 2. The van der Waals surface area contributed by atoms with Crippen LogP contribution < -0.4 is 21.9 Å². The summed E-state index contributed by atoms with van der Waals surface area (Å²) in [5.74, 6) is -0.665. The van der Waals surface area contributed by atoms with Crippen LogP contribution in [0.2, 0.25) is 0 Å². The number of aromatic amines is 1. The van der Waals surface area contributed by atoms with Gasteiger partial charge >= 0.3 is 21.3 Å². The minimum atomic E-state index is -5.67. The van der Waals surface area contributed by atoms with E-state index in [0.29, 0.717) is 19.4 Å². The summed E-state index contributed by atoms with van der Waals surface area (Å²) in [7, 11) is -9.49. The molecular formula is C21H36N4O17P2. The van der Waals surface area contributed by atoms with Gasteiger partial charge in [-0.3, -0.25) is 28.2 Å². The van der Waals surface area contributed by atoms with Crippen LogP contribution in [0, 0.1) is 0 Å². The number of phosphoric ester groups is 2. The fourth-order valence-corrected chi connectivity index (χ4v) is 6.53. The largest absolute Gasteiger partial charge is 0.483 e. The molecule has 11 atom stereocenters. The number of nitrogens with zero attached hydrogens (tertiary/aromatic N) is 1. The van der Waals surface area contributed by atoms with Gasteiger partial charge in [0, 0.05) is 18.7 Å². The number of carbonyl (C=O) groups excluding carboxylic acids is 1. The molecule has 3 heterocycles. The third kappa shape index (κ3) is 9.55. The molecule has 0 saturated carbocycles. The zero-order valence-corrected chi connectivity index (χ0v) is 24.9. The van der Waals surface area contributed by atoms with Crippen molar-refractivity contribution in [3.63, 3.8) is 0 Å². The first-order chi connectivity index (χ1) is 20.6. The number of amides is 1. The third-order valence-electron chi connectivity index (χ3n) is 6.60. The molecule has 2 saturated heterocycles. The number of ether oxygens (including phenoxy) is 2. The fraction of sp³-hybridized carbons (Fsp3) is 0.762. The predicted molar refractivity (Wildman–Crippen MR) is 142 cm³/mol. The van der Waals surface area contributed by atoms with Gasteiger partial charge in [-0.1, -0.05) is 0 Å². The molecule has 1 amide bonds. The number of unbranched alkanes of at least 4 members (excludes halogenated alkanes) is 1. The van der Waals surface area contributed by atoms with E-state index in [4.69, 9.17) is 14.0 Å². The molecule has 23 heteroatoms. The monoisotopic (exact) mass is 678 g/mol. The van der Waals surface area contributed by atoms with Crippen LogP contribution in [0.3, 0.4) is 0 Å². The molecule has 0 radical (unpaired) electrons. The molecule has 2 aliphatic heterocycles. The Bertz CT molecular complexity index is 1330. The number of rotatable bonds is 15. The summed E-state index contributed by atoms with van der Waals surface area (Å²) in [5.41, 5.74) is -1.75. The van der Waals surface area contributed by atoms with Crippen LogP contribution in [0.5, 0.6) is 0 Å². The zero-order valence-electron chi connectivity index (χ0n) is 23.1. The van der Waals surface area contributed by atoms with Crippen molar-refractivity contribution in [3.05, 3.63) is 33.1 Å². The number of hydrogen-bond acceptors (Lipinski definition) is 16. The van der Waals surface area contributed by atoms with Gasteiger partial charge in [-0.25, -0.2) is 13.9 Å². The topological polar surface area (TPSA) is 318 Å². The molecule has 0 aromatic carbocycles. The Balaban J connectivity index is 1.64. The third-order valence-corrected chi connectivity index (χ3v) is 9.20. The zero-order chi connectivity index (χ0) is 32.8. The van der Waals surface area contributed by atoms with Crippen molar-refractivity contribution in [1.82, 2.24) is 20.2 Å². The Labute approximate surface area is 248 Å². The van der Waals surface area contributed by atoms with Crippen molar-refractivity contribution in [2.45, 2.75) is 74.4 Å². The number of carbonyl (C=O) groups is 1. The van der Waals surface area contributed by atoms with E-state index in [0.717, 1.165) is 16.8 Å². The summed E-state index contributed by atoms with van der Waals surface area (Å²) in [6.45, 7) is -1.32. The summed E-state index contributed by atoms with van der Waals surface area (Å²) in [4.78, 5) is 57.8. The van der Waals surface area contributed by atoms with Gasteiger partial charge in [0.2, 0.25) is 5.91 Å². The molecule has 0 bridgehead atoms. The molecule has 44 heavy (non-hydrogen) atoms. The molecule has 2 fully saturated rings. The van der Waals surface area contributed by atoms with Crippen molar-refractivity contribution in [2.24, 2.45) is 0 Å².